The molecule has 0 N–H and O–H groups in total. The molecule has 1 aromatic rings. The number of esters is 1. The molecule has 70 valence electrons. The summed E-state index contributed by atoms with van der Waals surface area (Å²) >= 11 is 0. The van der Waals surface area contributed by atoms with E-state index < -0.39 is 5.97 Å². The minimum atomic E-state index is -0.412. The van der Waals surface area contributed by atoms with Crippen molar-refractivity contribution < 1.29 is 14.3 Å². The van der Waals surface area contributed by atoms with Gasteiger partial charge in [0.25, 0.3) is 0 Å². The van der Waals surface area contributed by atoms with Crippen LogP contribution in [0.2, 0.25) is 0 Å². The Balaban J connectivity index is 2.74. The van der Waals surface area contributed by atoms with Crippen LogP contribution in [-0.2, 0) is 4.74 Å². The molecule has 1 heterocycles. The Labute approximate surface area is 76.5 Å². The molecule has 0 saturated carbocycles. The van der Waals surface area contributed by atoms with Gasteiger partial charge in [-0.25, -0.2) is 9.78 Å². The number of pyridine rings is 1. The fourth-order valence-electron chi connectivity index (χ4n) is 0.827. The highest BCUT2D eigenvalue weighted by molar-refractivity contribution is 5.87. The van der Waals surface area contributed by atoms with Gasteiger partial charge in [-0.05, 0) is 19.1 Å². The summed E-state index contributed by atoms with van der Waals surface area (Å²) in [5, 5.41) is 0. The number of nitrogens with zero attached hydrogens (tertiary/aromatic N) is 1. The van der Waals surface area contributed by atoms with E-state index in [2.05, 4.69) is 4.98 Å². The molecule has 0 aliphatic heterocycles. The summed E-state index contributed by atoms with van der Waals surface area (Å²) in [4.78, 5) is 15.0. The normalized spacial score (nSPS) is 9.38. The van der Waals surface area contributed by atoms with Gasteiger partial charge in [-0.2, -0.15) is 0 Å². The number of methoxy groups -OCH3 is 1. The summed E-state index contributed by atoms with van der Waals surface area (Å²) in [5.41, 5.74) is 0.294. The molecule has 1 rings (SSSR count). The van der Waals surface area contributed by atoms with Crippen LogP contribution >= 0.6 is 0 Å². The minimum absolute atomic E-state index is 0.294. The van der Waals surface area contributed by atoms with Crippen LogP contribution in [0, 0.1) is 0 Å². The molecule has 0 aromatic carbocycles. The lowest BCUT2D eigenvalue weighted by molar-refractivity contribution is 0.0519. The first kappa shape index (κ1) is 9.51. The molecule has 0 unspecified atom stereocenters. The highest BCUT2D eigenvalue weighted by atomic mass is 16.5. The number of carbonyl (C=O) groups is 1. The van der Waals surface area contributed by atoms with E-state index >= 15 is 0 Å². The summed E-state index contributed by atoms with van der Waals surface area (Å²) < 4.78 is 9.65. The third-order valence-corrected chi connectivity index (χ3v) is 1.46. The number of carbonyl (C=O) groups excluding carboxylic acids is 1. The zero-order valence-electron chi connectivity index (χ0n) is 7.61. The molecule has 13 heavy (non-hydrogen) atoms. The molecule has 0 spiro atoms. The molecule has 0 bridgehead atoms. The van der Waals surface area contributed by atoms with Crippen LogP contribution in [0.4, 0.5) is 0 Å². The Hall–Kier alpha value is -1.58. The third kappa shape index (κ3) is 2.43. The van der Waals surface area contributed by atoms with Crippen molar-refractivity contribution in [3.8, 4) is 5.75 Å². The summed E-state index contributed by atoms with van der Waals surface area (Å²) in [7, 11) is 1.54. The van der Waals surface area contributed by atoms with Gasteiger partial charge in [0.1, 0.15) is 11.4 Å². The molecule has 4 heteroatoms. The number of ether oxygens (including phenoxy) is 2. The van der Waals surface area contributed by atoms with E-state index in [4.69, 9.17) is 9.47 Å². The zero-order chi connectivity index (χ0) is 9.68. The van der Waals surface area contributed by atoms with Crippen molar-refractivity contribution in [1.82, 2.24) is 4.98 Å². The molecule has 0 aliphatic rings. The Morgan fingerprint density at radius 3 is 2.77 bits per heavy atom. The maximum Gasteiger partial charge on any atom is 0.356 e. The average Bonchev–Trinajstić information content (AvgIpc) is 2.18. The maximum atomic E-state index is 11.1. The van der Waals surface area contributed by atoms with Gasteiger partial charge in [0, 0.05) is 0 Å². The van der Waals surface area contributed by atoms with Crippen molar-refractivity contribution in [2.75, 3.05) is 13.7 Å². The molecular formula is C9H11NO3. The van der Waals surface area contributed by atoms with Crippen molar-refractivity contribution in [3.63, 3.8) is 0 Å². The largest absolute Gasteiger partial charge is 0.495 e. The molecule has 0 amide bonds. The van der Waals surface area contributed by atoms with Crippen LogP contribution in [0.25, 0.3) is 0 Å². The summed E-state index contributed by atoms with van der Waals surface area (Å²) in [6, 6.07) is 3.23. The highest BCUT2D eigenvalue weighted by Crippen LogP contribution is 2.08. The van der Waals surface area contributed by atoms with Crippen LogP contribution in [0.15, 0.2) is 18.3 Å². The van der Waals surface area contributed by atoms with E-state index in [1.165, 1.54) is 6.20 Å². The first-order valence-electron chi connectivity index (χ1n) is 3.95. The van der Waals surface area contributed by atoms with Crippen LogP contribution in [-0.4, -0.2) is 24.7 Å². The fraction of sp³-hybridized carbons (Fsp3) is 0.333. The van der Waals surface area contributed by atoms with Gasteiger partial charge < -0.3 is 9.47 Å². The lowest BCUT2D eigenvalue weighted by Crippen LogP contribution is -2.06. The topological polar surface area (TPSA) is 48.4 Å². The van der Waals surface area contributed by atoms with Gasteiger partial charge in [0.2, 0.25) is 0 Å². The maximum absolute atomic E-state index is 11.1. The van der Waals surface area contributed by atoms with Crippen LogP contribution in [0.1, 0.15) is 17.4 Å². The Morgan fingerprint density at radius 2 is 2.31 bits per heavy atom. The summed E-state index contributed by atoms with van der Waals surface area (Å²) in [5.74, 6) is 0.207. The molecular weight excluding hydrogens is 170 g/mol. The average molecular weight is 181 g/mol. The van der Waals surface area contributed by atoms with Crippen molar-refractivity contribution in [3.05, 3.63) is 24.0 Å². The van der Waals surface area contributed by atoms with Crippen LogP contribution in [0.3, 0.4) is 0 Å². The van der Waals surface area contributed by atoms with E-state index in [1.807, 2.05) is 0 Å². The van der Waals surface area contributed by atoms with Gasteiger partial charge in [-0.15, -0.1) is 0 Å². The molecule has 0 aliphatic carbocycles. The molecule has 0 radical (unpaired) electrons. The summed E-state index contributed by atoms with van der Waals surface area (Å²) in [6.45, 7) is 2.11. The number of rotatable bonds is 3. The number of hydrogen-bond acceptors (Lipinski definition) is 4. The van der Waals surface area contributed by atoms with E-state index in [0.29, 0.717) is 18.1 Å². The van der Waals surface area contributed by atoms with Gasteiger partial charge in [0.05, 0.1) is 19.9 Å². The Bertz CT molecular complexity index is 281. The van der Waals surface area contributed by atoms with Crippen molar-refractivity contribution in [1.29, 1.82) is 0 Å². The second kappa shape index (κ2) is 4.45. The van der Waals surface area contributed by atoms with Crippen LogP contribution < -0.4 is 4.74 Å². The standard InChI is InChI=1S/C9H11NO3/c1-3-13-9(11)8-5-4-7(12-2)6-10-8/h4-6H,3H2,1-2H3. The zero-order valence-corrected chi connectivity index (χ0v) is 7.61. The fourth-order valence-corrected chi connectivity index (χ4v) is 0.827. The Morgan fingerprint density at radius 1 is 1.54 bits per heavy atom. The lowest BCUT2D eigenvalue weighted by Gasteiger charge is -2.01. The van der Waals surface area contributed by atoms with Crippen molar-refractivity contribution in [2.45, 2.75) is 6.92 Å². The van der Waals surface area contributed by atoms with Crippen LogP contribution in [0.5, 0.6) is 5.75 Å². The highest BCUT2D eigenvalue weighted by Gasteiger charge is 2.06. The quantitative estimate of drug-likeness (QED) is 0.659. The Kier molecular flexibility index (Phi) is 3.25. The van der Waals surface area contributed by atoms with E-state index in [0.717, 1.165) is 0 Å². The predicted molar refractivity (Wildman–Crippen MR) is 46.7 cm³/mol. The molecule has 0 saturated heterocycles. The SMILES string of the molecule is CCOC(=O)c1ccc(OC)cn1. The molecule has 0 fully saturated rings. The smallest absolute Gasteiger partial charge is 0.356 e. The van der Waals surface area contributed by atoms with E-state index in [-0.39, 0.29) is 0 Å². The third-order valence-electron chi connectivity index (χ3n) is 1.46. The number of aromatic nitrogens is 1. The van der Waals surface area contributed by atoms with Gasteiger partial charge in [-0.1, -0.05) is 0 Å². The first-order valence-corrected chi connectivity index (χ1v) is 3.95. The summed E-state index contributed by atoms with van der Waals surface area (Å²) in [6.07, 6.45) is 1.48. The van der Waals surface area contributed by atoms with Gasteiger partial charge in [0.15, 0.2) is 0 Å². The van der Waals surface area contributed by atoms with Crippen molar-refractivity contribution in [2.24, 2.45) is 0 Å². The molecule has 4 nitrogen and oxygen atoms in total. The molecule has 0 atom stereocenters. The predicted octanol–water partition coefficient (Wildman–Crippen LogP) is 1.27. The minimum Gasteiger partial charge on any atom is -0.495 e. The van der Waals surface area contributed by atoms with Crippen molar-refractivity contribution >= 4 is 5.97 Å². The number of hydrogen-bond donors (Lipinski definition) is 0. The van der Waals surface area contributed by atoms with Gasteiger partial charge in [-0.3, -0.25) is 0 Å². The molecule has 1 aromatic heterocycles. The van der Waals surface area contributed by atoms with E-state index in [9.17, 15) is 4.79 Å². The van der Waals surface area contributed by atoms with Gasteiger partial charge >= 0.3 is 5.97 Å². The van der Waals surface area contributed by atoms with E-state index in [1.54, 1.807) is 26.2 Å². The monoisotopic (exact) mass is 181 g/mol. The second-order valence-corrected chi connectivity index (χ2v) is 2.30. The first-order chi connectivity index (χ1) is 6.27. The lowest BCUT2D eigenvalue weighted by atomic mass is 10.3. The second-order valence-electron chi connectivity index (χ2n) is 2.30.